The lowest BCUT2D eigenvalue weighted by Crippen LogP contribution is -2.10. The number of hydrogen-bond donors (Lipinski definition) is 1. The molecule has 9 heteroatoms. The van der Waals surface area contributed by atoms with Crippen molar-refractivity contribution in [2.75, 3.05) is 7.11 Å². The Morgan fingerprint density at radius 1 is 0.848 bits per heavy atom. The summed E-state index contributed by atoms with van der Waals surface area (Å²) >= 11 is 0. The summed E-state index contributed by atoms with van der Waals surface area (Å²) in [6.07, 6.45) is -4.75. The molecule has 0 fully saturated rings. The Kier molecular flexibility index (Phi) is 5.67. The standard InChI is InChI=1S/C24H15F3N4O2/c1-33-16-8-10-18(20(32)12-16)23-30-21(15-5-3-2-4-6-15)29-22(31-23)17-9-7-14(13-28)11-19(17)24(25,26)27/h2-12,32H,1H3. The van der Waals surface area contributed by atoms with E-state index in [1.165, 1.54) is 25.3 Å². The largest absolute Gasteiger partial charge is 0.507 e. The monoisotopic (exact) mass is 448 g/mol. The van der Waals surface area contributed by atoms with Gasteiger partial charge in [-0.15, -0.1) is 0 Å². The van der Waals surface area contributed by atoms with Gasteiger partial charge in [-0.3, -0.25) is 0 Å². The highest BCUT2D eigenvalue weighted by Gasteiger charge is 2.35. The minimum Gasteiger partial charge on any atom is -0.507 e. The zero-order valence-corrected chi connectivity index (χ0v) is 17.1. The van der Waals surface area contributed by atoms with Crippen molar-refractivity contribution in [2.24, 2.45) is 0 Å². The van der Waals surface area contributed by atoms with Crippen LogP contribution in [0, 0.1) is 11.3 Å². The van der Waals surface area contributed by atoms with E-state index in [-0.39, 0.29) is 39.9 Å². The van der Waals surface area contributed by atoms with Gasteiger partial charge >= 0.3 is 6.18 Å². The van der Waals surface area contributed by atoms with Gasteiger partial charge in [-0.1, -0.05) is 30.3 Å². The average Bonchev–Trinajstić information content (AvgIpc) is 2.83. The van der Waals surface area contributed by atoms with Crippen LogP contribution >= 0.6 is 0 Å². The Bertz CT molecular complexity index is 1370. The van der Waals surface area contributed by atoms with Crippen molar-refractivity contribution < 1.29 is 23.0 Å². The van der Waals surface area contributed by atoms with Gasteiger partial charge in [-0.2, -0.15) is 18.4 Å². The number of aromatic hydroxyl groups is 1. The van der Waals surface area contributed by atoms with E-state index in [2.05, 4.69) is 15.0 Å². The smallest absolute Gasteiger partial charge is 0.417 e. The van der Waals surface area contributed by atoms with Crippen molar-refractivity contribution in [3.63, 3.8) is 0 Å². The molecule has 0 aliphatic rings. The Hall–Kier alpha value is -4.45. The molecule has 1 N–H and O–H groups in total. The zero-order chi connectivity index (χ0) is 23.6. The van der Waals surface area contributed by atoms with Crippen molar-refractivity contribution in [1.82, 2.24) is 15.0 Å². The SMILES string of the molecule is COc1ccc(-c2nc(-c3ccccc3)nc(-c3ccc(C#N)cc3C(F)(F)F)n2)c(O)c1. The van der Waals surface area contributed by atoms with E-state index in [1.807, 2.05) is 0 Å². The molecule has 0 aliphatic heterocycles. The lowest BCUT2D eigenvalue weighted by molar-refractivity contribution is -0.137. The van der Waals surface area contributed by atoms with Gasteiger partial charge < -0.3 is 9.84 Å². The highest BCUT2D eigenvalue weighted by atomic mass is 19.4. The van der Waals surface area contributed by atoms with E-state index in [0.717, 1.165) is 12.1 Å². The first kappa shape index (κ1) is 21.8. The molecule has 0 unspecified atom stereocenters. The molecule has 0 amide bonds. The van der Waals surface area contributed by atoms with Gasteiger partial charge in [0.2, 0.25) is 0 Å². The van der Waals surface area contributed by atoms with E-state index in [4.69, 9.17) is 10.00 Å². The quantitative estimate of drug-likeness (QED) is 0.445. The summed E-state index contributed by atoms with van der Waals surface area (Å²) in [7, 11) is 1.44. The summed E-state index contributed by atoms with van der Waals surface area (Å²) in [5.41, 5.74) is -0.750. The van der Waals surface area contributed by atoms with Crippen LogP contribution in [0.2, 0.25) is 0 Å². The number of nitrogens with zero attached hydrogens (tertiary/aromatic N) is 4. The van der Waals surface area contributed by atoms with Gasteiger partial charge in [0.05, 0.1) is 29.9 Å². The zero-order valence-electron chi connectivity index (χ0n) is 17.1. The number of halogens is 3. The second kappa shape index (κ2) is 8.59. The number of ether oxygens (including phenoxy) is 1. The molecular weight excluding hydrogens is 433 g/mol. The number of methoxy groups -OCH3 is 1. The minimum atomic E-state index is -4.75. The number of rotatable bonds is 4. The van der Waals surface area contributed by atoms with Crippen LogP contribution in [0.3, 0.4) is 0 Å². The topological polar surface area (TPSA) is 91.9 Å². The van der Waals surface area contributed by atoms with Crippen LogP contribution in [0.5, 0.6) is 11.5 Å². The molecule has 0 radical (unpaired) electrons. The van der Waals surface area contributed by atoms with Crippen LogP contribution in [0.25, 0.3) is 34.2 Å². The number of alkyl halides is 3. The Balaban J connectivity index is 1.99. The van der Waals surface area contributed by atoms with Crippen LogP contribution in [0.15, 0.2) is 66.7 Å². The number of aromatic nitrogens is 3. The second-order valence-corrected chi connectivity index (χ2v) is 6.93. The number of phenols is 1. The number of nitriles is 1. The van der Waals surface area contributed by atoms with E-state index in [0.29, 0.717) is 11.3 Å². The summed E-state index contributed by atoms with van der Waals surface area (Å²) < 4.78 is 46.5. The first-order chi connectivity index (χ1) is 15.8. The summed E-state index contributed by atoms with van der Waals surface area (Å²) in [5, 5.41) is 19.5. The molecule has 0 saturated carbocycles. The van der Waals surface area contributed by atoms with Gasteiger partial charge in [0.1, 0.15) is 11.5 Å². The van der Waals surface area contributed by atoms with Gasteiger partial charge in [0.15, 0.2) is 17.5 Å². The summed E-state index contributed by atoms with van der Waals surface area (Å²) in [4.78, 5) is 12.9. The molecule has 164 valence electrons. The minimum absolute atomic E-state index is 0.0171. The molecule has 0 spiro atoms. The molecule has 1 heterocycles. The first-order valence-electron chi connectivity index (χ1n) is 9.60. The highest BCUT2D eigenvalue weighted by Crippen LogP contribution is 2.38. The Morgan fingerprint density at radius 2 is 1.48 bits per heavy atom. The molecule has 4 rings (SSSR count). The fourth-order valence-electron chi connectivity index (χ4n) is 3.20. The summed E-state index contributed by atoms with van der Waals surface area (Å²) in [5.74, 6) is 0.0484. The summed E-state index contributed by atoms with van der Waals surface area (Å²) in [6, 6.07) is 18.0. The molecule has 0 aliphatic carbocycles. The second-order valence-electron chi connectivity index (χ2n) is 6.93. The molecular formula is C24H15F3N4O2. The van der Waals surface area contributed by atoms with Crippen molar-refractivity contribution in [3.05, 3.63) is 77.9 Å². The Morgan fingerprint density at radius 3 is 2.09 bits per heavy atom. The normalized spacial score (nSPS) is 11.1. The molecule has 4 aromatic rings. The predicted molar refractivity (Wildman–Crippen MR) is 114 cm³/mol. The lowest BCUT2D eigenvalue weighted by atomic mass is 10.0. The van der Waals surface area contributed by atoms with Crippen LogP contribution < -0.4 is 4.74 Å². The predicted octanol–water partition coefficient (Wildman–Crippen LogP) is 5.48. The Labute approximate surface area is 186 Å². The van der Waals surface area contributed by atoms with E-state index >= 15 is 0 Å². The number of benzene rings is 3. The lowest BCUT2D eigenvalue weighted by Gasteiger charge is -2.14. The fourth-order valence-corrected chi connectivity index (χ4v) is 3.20. The van der Waals surface area contributed by atoms with E-state index < -0.39 is 11.7 Å². The van der Waals surface area contributed by atoms with Gasteiger partial charge in [-0.05, 0) is 30.3 Å². The maximum Gasteiger partial charge on any atom is 0.417 e. The van der Waals surface area contributed by atoms with Crippen LogP contribution in [-0.2, 0) is 6.18 Å². The fraction of sp³-hybridized carbons (Fsp3) is 0.0833. The van der Waals surface area contributed by atoms with Crippen molar-refractivity contribution in [2.45, 2.75) is 6.18 Å². The molecule has 0 bridgehead atoms. The van der Waals surface area contributed by atoms with Crippen LogP contribution in [0.4, 0.5) is 13.2 Å². The van der Waals surface area contributed by atoms with Crippen molar-refractivity contribution in [1.29, 1.82) is 5.26 Å². The van der Waals surface area contributed by atoms with Gasteiger partial charge in [0.25, 0.3) is 0 Å². The van der Waals surface area contributed by atoms with E-state index in [1.54, 1.807) is 42.5 Å². The van der Waals surface area contributed by atoms with Crippen LogP contribution in [0.1, 0.15) is 11.1 Å². The van der Waals surface area contributed by atoms with Gasteiger partial charge in [0, 0.05) is 17.2 Å². The van der Waals surface area contributed by atoms with E-state index in [9.17, 15) is 18.3 Å². The molecule has 0 saturated heterocycles. The van der Waals surface area contributed by atoms with Crippen molar-refractivity contribution in [3.8, 4) is 51.7 Å². The molecule has 6 nitrogen and oxygen atoms in total. The summed E-state index contributed by atoms with van der Waals surface area (Å²) in [6.45, 7) is 0. The average molecular weight is 448 g/mol. The molecule has 33 heavy (non-hydrogen) atoms. The molecule has 3 aromatic carbocycles. The molecule has 0 atom stereocenters. The third-order valence-electron chi connectivity index (χ3n) is 4.81. The highest BCUT2D eigenvalue weighted by molar-refractivity contribution is 5.72. The van der Waals surface area contributed by atoms with Gasteiger partial charge in [-0.25, -0.2) is 15.0 Å². The first-order valence-corrected chi connectivity index (χ1v) is 9.60. The third kappa shape index (κ3) is 4.45. The third-order valence-corrected chi connectivity index (χ3v) is 4.81. The van der Waals surface area contributed by atoms with Crippen molar-refractivity contribution >= 4 is 0 Å². The maximum atomic E-state index is 13.8. The maximum absolute atomic E-state index is 13.8. The number of phenolic OH excluding ortho intramolecular Hbond substituents is 1. The molecule has 1 aromatic heterocycles. The number of hydrogen-bond acceptors (Lipinski definition) is 6. The van der Waals surface area contributed by atoms with Crippen LogP contribution in [-0.4, -0.2) is 27.2 Å².